The van der Waals surface area contributed by atoms with Crippen LogP contribution in [0.2, 0.25) is 0 Å². The maximum atomic E-state index is 5.77. The van der Waals surface area contributed by atoms with Crippen LogP contribution >= 0.6 is 11.3 Å². The Morgan fingerprint density at radius 2 is 2.00 bits per heavy atom. The van der Waals surface area contributed by atoms with Gasteiger partial charge >= 0.3 is 0 Å². The first-order chi connectivity index (χ1) is 8.24. The predicted octanol–water partition coefficient (Wildman–Crippen LogP) is 1.03. The quantitative estimate of drug-likeness (QED) is 0.818. The van der Waals surface area contributed by atoms with Crippen molar-refractivity contribution in [1.29, 1.82) is 0 Å². The van der Waals surface area contributed by atoms with Crippen molar-refractivity contribution in [3.05, 3.63) is 11.4 Å². The van der Waals surface area contributed by atoms with Gasteiger partial charge < -0.3 is 15.5 Å². The molecule has 0 aliphatic carbocycles. The molecule has 0 radical (unpaired) electrons. The van der Waals surface area contributed by atoms with Crippen LogP contribution in [0.4, 0.5) is 11.8 Å². The minimum absolute atomic E-state index is 0.369. The van der Waals surface area contributed by atoms with Gasteiger partial charge in [-0.1, -0.05) is 0 Å². The van der Waals surface area contributed by atoms with Crippen LogP contribution in [0, 0.1) is 0 Å². The highest BCUT2D eigenvalue weighted by Crippen LogP contribution is 2.28. The molecule has 0 spiro atoms. The summed E-state index contributed by atoms with van der Waals surface area (Å²) in [6.07, 6.45) is 0. The largest absolute Gasteiger partial charge is 0.368 e. The number of nitrogen functional groups attached to an aromatic ring is 1. The summed E-state index contributed by atoms with van der Waals surface area (Å²) in [7, 11) is 2.14. The monoisotopic (exact) mass is 249 g/mol. The number of piperazine rings is 1. The summed E-state index contributed by atoms with van der Waals surface area (Å²) in [5.74, 6) is 1.36. The first-order valence-electron chi connectivity index (χ1n) is 5.68. The van der Waals surface area contributed by atoms with Crippen LogP contribution in [-0.4, -0.2) is 48.1 Å². The molecule has 90 valence electrons. The molecule has 1 saturated heterocycles. The molecule has 5 nitrogen and oxygen atoms in total. The highest BCUT2D eigenvalue weighted by atomic mass is 32.1. The lowest BCUT2D eigenvalue weighted by Crippen LogP contribution is -2.44. The maximum Gasteiger partial charge on any atom is 0.223 e. The molecule has 0 unspecified atom stereocenters. The summed E-state index contributed by atoms with van der Waals surface area (Å²) in [5.41, 5.74) is 5.77. The molecular formula is C11H15N5S. The van der Waals surface area contributed by atoms with Gasteiger partial charge in [0.05, 0.1) is 5.39 Å². The highest BCUT2D eigenvalue weighted by Gasteiger charge is 2.18. The standard InChI is InChI=1S/C11H15N5S/c1-15-3-5-16(6-4-15)9-8-2-7-17-10(8)14-11(12)13-9/h2,7H,3-6H2,1H3,(H2,12,13,14). The van der Waals surface area contributed by atoms with Crippen LogP contribution in [0.3, 0.4) is 0 Å². The topological polar surface area (TPSA) is 58.3 Å². The minimum atomic E-state index is 0.369. The predicted molar refractivity (Wildman–Crippen MR) is 71.5 cm³/mol. The molecule has 1 aliphatic rings. The zero-order chi connectivity index (χ0) is 11.8. The Bertz CT molecular complexity index is 530. The SMILES string of the molecule is CN1CCN(c2nc(N)nc3sccc23)CC1. The van der Waals surface area contributed by atoms with E-state index in [0.717, 1.165) is 42.2 Å². The van der Waals surface area contributed by atoms with Gasteiger partial charge in [0.2, 0.25) is 5.95 Å². The number of fused-ring (bicyclic) bond motifs is 1. The Kier molecular flexibility index (Phi) is 2.60. The smallest absolute Gasteiger partial charge is 0.223 e. The summed E-state index contributed by atoms with van der Waals surface area (Å²) in [4.78, 5) is 14.3. The fourth-order valence-corrected chi connectivity index (χ4v) is 2.88. The fourth-order valence-electron chi connectivity index (χ4n) is 2.12. The lowest BCUT2D eigenvalue weighted by atomic mass is 10.3. The number of aromatic nitrogens is 2. The van der Waals surface area contributed by atoms with E-state index in [1.165, 1.54) is 0 Å². The number of anilines is 2. The average molecular weight is 249 g/mol. The van der Waals surface area contributed by atoms with Crippen molar-refractivity contribution in [3.8, 4) is 0 Å². The van der Waals surface area contributed by atoms with Crippen LogP contribution in [0.25, 0.3) is 10.2 Å². The number of hydrogen-bond donors (Lipinski definition) is 1. The van der Waals surface area contributed by atoms with E-state index < -0.39 is 0 Å². The summed E-state index contributed by atoms with van der Waals surface area (Å²) in [6.45, 7) is 4.13. The Morgan fingerprint density at radius 1 is 1.24 bits per heavy atom. The molecule has 0 aromatic carbocycles. The molecule has 0 atom stereocenters. The van der Waals surface area contributed by atoms with E-state index in [1.807, 2.05) is 5.38 Å². The molecule has 0 bridgehead atoms. The van der Waals surface area contributed by atoms with Crippen molar-refractivity contribution in [1.82, 2.24) is 14.9 Å². The molecule has 0 saturated carbocycles. The second-order valence-corrected chi connectivity index (χ2v) is 5.23. The number of nitrogens with two attached hydrogens (primary N) is 1. The van der Waals surface area contributed by atoms with E-state index in [9.17, 15) is 0 Å². The van der Waals surface area contributed by atoms with E-state index in [4.69, 9.17) is 5.73 Å². The zero-order valence-corrected chi connectivity index (χ0v) is 10.6. The van der Waals surface area contributed by atoms with Gasteiger partial charge in [-0.25, -0.2) is 4.98 Å². The number of thiophene rings is 1. The molecule has 1 fully saturated rings. The van der Waals surface area contributed by atoms with Crippen LogP contribution in [0.5, 0.6) is 0 Å². The van der Waals surface area contributed by atoms with Crippen LogP contribution in [0.15, 0.2) is 11.4 Å². The van der Waals surface area contributed by atoms with Crippen molar-refractivity contribution < 1.29 is 0 Å². The van der Waals surface area contributed by atoms with Gasteiger partial charge in [0, 0.05) is 26.2 Å². The first-order valence-corrected chi connectivity index (χ1v) is 6.56. The van der Waals surface area contributed by atoms with Crippen LogP contribution in [0.1, 0.15) is 0 Å². The fraction of sp³-hybridized carbons (Fsp3) is 0.455. The van der Waals surface area contributed by atoms with E-state index in [1.54, 1.807) is 11.3 Å². The molecule has 2 N–H and O–H groups in total. The van der Waals surface area contributed by atoms with Crippen molar-refractivity contribution in [2.45, 2.75) is 0 Å². The summed E-state index contributed by atoms with van der Waals surface area (Å²) in [6, 6.07) is 2.08. The van der Waals surface area contributed by atoms with Gasteiger partial charge in [-0.05, 0) is 18.5 Å². The third-order valence-electron chi connectivity index (χ3n) is 3.13. The Hall–Kier alpha value is -1.40. The molecule has 3 heterocycles. The number of likely N-dealkylation sites (N-methyl/N-ethyl adjacent to an activating group) is 1. The van der Waals surface area contributed by atoms with E-state index in [-0.39, 0.29) is 0 Å². The summed E-state index contributed by atoms with van der Waals surface area (Å²) < 4.78 is 0. The highest BCUT2D eigenvalue weighted by molar-refractivity contribution is 7.16. The van der Waals surface area contributed by atoms with E-state index >= 15 is 0 Å². The molecule has 2 aromatic rings. The van der Waals surface area contributed by atoms with E-state index in [2.05, 4.69) is 32.9 Å². The summed E-state index contributed by atoms with van der Waals surface area (Å²) in [5, 5.41) is 3.16. The van der Waals surface area contributed by atoms with Crippen LogP contribution in [-0.2, 0) is 0 Å². The third kappa shape index (κ3) is 1.94. The number of rotatable bonds is 1. The minimum Gasteiger partial charge on any atom is -0.368 e. The Morgan fingerprint density at radius 3 is 2.76 bits per heavy atom. The third-order valence-corrected chi connectivity index (χ3v) is 3.93. The van der Waals surface area contributed by atoms with Gasteiger partial charge in [-0.2, -0.15) is 4.98 Å². The summed E-state index contributed by atoms with van der Waals surface area (Å²) >= 11 is 1.61. The second-order valence-electron chi connectivity index (χ2n) is 4.34. The van der Waals surface area contributed by atoms with Crippen molar-refractivity contribution in [2.75, 3.05) is 43.9 Å². The van der Waals surface area contributed by atoms with E-state index in [0.29, 0.717) is 5.95 Å². The van der Waals surface area contributed by atoms with Crippen molar-refractivity contribution in [3.63, 3.8) is 0 Å². The second kappa shape index (κ2) is 4.12. The van der Waals surface area contributed by atoms with Crippen molar-refractivity contribution in [2.24, 2.45) is 0 Å². The lowest BCUT2D eigenvalue weighted by molar-refractivity contribution is 0.312. The average Bonchev–Trinajstić information content (AvgIpc) is 2.77. The molecule has 2 aromatic heterocycles. The van der Waals surface area contributed by atoms with Gasteiger partial charge in [0.1, 0.15) is 10.6 Å². The van der Waals surface area contributed by atoms with Crippen LogP contribution < -0.4 is 10.6 Å². The van der Waals surface area contributed by atoms with Gasteiger partial charge in [-0.15, -0.1) is 11.3 Å². The maximum absolute atomic E-state index is 5.77. The first kappa shape index (κ1) is 10.7. The Balaban J connectivity index is 2.01. The van der Waals surface area contributed by atoms with Gasteiger partial charge in [0.15, 0.2) is 0 Å². The van der Waals surface area contributed by atoms with Crippen molar-refractivity contribution >= 4 is 33.3 Å². The normalized spacial score (nSPS) is 17.8. The van der Waals surface area contributed by atoms with Gasteiger partial charge in [0.25, 0.3) is 0 Å². The van der Waals surface area contributed by atoms with Gasteiger partial charge in [-0.3, -0.25) is 0 Å². The molecule has 1 aliphatic heterocycles. The lowest BCUT2D eigenvalue weighted by Gasteiger charge is -2.33. The molecule has 17 heavy (non-hydrogen) atoms. The molecular weight excluding hydrogens is 234 g/mol. The Labute approximate surface area is 104 Å². The molecule has 0 amide bonds. The zero-order valence-electron chi connectivity index (χ0n) is 9.76. The number of hydrogen-bond acceptors (Lipinski definition) is 6. The number of nitrogens with zero attached hydrogens (tertiary/aromatic N) is 4. The molecule has 6 heteroatoms. The molecule has 3 rings (SSSR count).